The minimum Gasteiger partial charge on any atom is -0.329 e. The minimum absolute atomic E-state index is 0.00792. The molecule has 1 aromatic carbocycles. The molecule has 0 atom stereocenters. The third-order valence-electron chi connectivity index (χ3n) is 2.64. The number of ketones is 1. The van der Waals surface area contributed by atoms with Crippen LogP contribution in [0.15, 0.2) is 39.9 Å². The first-order chi connectivity index (χ1) is 9.15. The molecule has 7 heteroatoms. The summed E-state index contributed by atoms with van der Waals surface area (Å²) in [6, 6.07) is 8.53. The highest BCUT2D eigenvalue weighted by Crippen LogP contribution is 2.08. The molecule has 0 aliphatic rings. The summed E-state index contributed by atoms with van der Waals surface area (Å²) < 4.78 is 0. The largest absolute Gasteiger partial charge is 0.329 e. The molecule has 7 nitrogen and oxygen atoms in total. The number of benzene rings is 1. The quantitative estimate of drug-likeness (QED) is 0.567. The van der Waals surface area contributed by atoms with Gasteiger partial charge in [0.1, 0.15) is 5.52 Å². The zero-order valence-corrected chi connectivity index (χ0v) is 9.56. The zero-order valence-electron chi connectivity index (χ0n) is 9.56. The van der Waals surface area contributed by atoms with E-state index in [9.17, 15) is 14.4 Å². The number of aromatic nitrogens is 4. The molecule has 3 rings (SSSR count). The van der Waals surface area contributed by atoms with Crippen molar-refractivity contribution >= 4 is 16.9 Å². The second kappa shape index (κ2) is 4.05. The number of imidazole rings is 1. The maximum Gasteiger partial charge on any atom is 0.327 e. The highest BCUT2D eigenvalue weighted by molar-refractivity contribution is 6.07. The zero-order chi connectivity index (χ0) is 13.4. The topological polar surface area (TPSA) is 111 Å². The van der Waals surface area contributed by atoms with Crippen molar-refractivity contribution in [2.45, 2.75) is 0 Å². The van der Waals surface area contributed by atoms with Gasteiger partial charge < -0.3 is 4.98 Å². The van der Waals surface area contributed by atoms with Crippen molar-refractivity contribution in [1.82, 2.24) is 19.9 Å². The van der Waals surface area contributed by atoms with Gasteiger partial charge in [-0.15, -0.1) is 0 Å². The molecule has 0 amide bonds. The van der Waals surface area contributed by atoms with E-state index >= 15 is 0 Å². The molecule has 0 saturated heterocycles. The number of carbonyl (C=O) groups excluding carboxylic acids is 1. The summed E-state index contributed by atoms with van der Waals surface area (Å²) in [5, 5.41) is 0. The van der Waals surface area contributed by atoms with Gasteiger partial charge in [0, 0.05) is 5.56 Å². The van der Waals surface area contributed by atoms with Crippen molar-refractivity contribution in [3.05, 3.63) is 62.6 Å². The van der Waals surface area contributed by atoms with Crippen LogP contribution in [0.5, 0.6) is 0 Å². The highest BCUT2D eigenvalue weighted by Gasteiger charge is 2.15. The second-order valence-corrected chi connectivity index (χ2v) is 3.91. The van der Waals surface area contributed by atoms with Gasteiger partial charge in [0.05, 0.1) is 0 Å². The van der Waals surface area contributed by atoms with E-state index in [4.69, 9.17) is 0 Å². The lowest BCUT2D eigenvalue weighted by Gasteiger charge is -1.95. The van der Waals surface area contributed by atoms with Crippen LogP contribution in [0, 0.1) is 0 Å². The minimum atomic E-state index is -0.664. The standard InChI is InChI=1S/C12H8N4O3/c17-8(6-4-2-1-3-5-6)10-13-7-9(14-10)15-12(19)16-11(7)18/h1-5H,(H3,13,14,15,16,18,19). The summed E-state index contributed by atoms with van der Waals surface area (Å²) in [5.74, 6) is -0.342. The Hall–Kier alpha value is -2.96. The Bertz CT molecular complexity index is 873. The molecule has 3 aromatic rings. The van der Waals surface area contributed by atoms with Crippen LogP contribution < -0.4 is 11.2 Å². The van der Waals surface area contributed by atoms with Gasteiger partial charge >= 0.3 is 5.69 Å². The number of hydrogen-bond donors (Lipinski definition) is 3. The van der Waals surface area contributed by atoms with Crippen LogP contribution in [0.4, 0.5) is 0 Å². The van der Waals surface area contributed by atoms with Gasteiger partial charge in [-0.3, -0.25) is 19.6 Å². The summed E-state index contributed by atoms with van der Waals surface area (Å²) in [6.45, 7) is 0. The molecule has 2 heterocycles. The molecule has 0 fully saturated rings. The summed E-state index contributed by atoms with van der Waals surface area (Å²) in [7, 11) is 0. The fourth-order valence-corrected chi connectivity index (χ4v) is 1.77. The van der Waals surface area contributed by atoms with E-state index < -0.39 is 11.2 Å². The van der Waals surface area contributed by atoms with Gasteiger partial charge in [-0.05, 0) is 0 Å². The first-order valence-corrected chi connectivity index (χ1v) is 5.47. The maximum atomic E-state index is 12.1. The SMILES string of the molecule is O=C(c1ccccc1)c1nc2[nH]c(=O)[nH]c(=O)c2[nH]1. The van der Waals surface area contributed by atoms with Crippen molar-refractivity contribution < 1.29 is 4.79 Å². The Morgan fingerprint density at radius 2 is 1.74 bits per heavy atom. The van der Waals surface area contributed by atoms with Gasteiger partial charge in [-0.25, -0.2) is 9.78 Å². The number of carbonyl (C=O) groups is 1. The van der Waals surface area contributed by atoms with E-state index in [0.717, 1.165) is 0 Å². The van der Waals surface area contributed by atoms with Crippen LogP contribution in [-0.4, -0.2) is 25.7 Å². The highest BCUT2D eigenvalue weighted by atomic mass is 16.2. The van der Waals surface area contributed by atoms with E-state index in [2.05, 4.69) is 19.9 Å². The molecule has 0 aliphatic carbocycles. The predicted molar refractivity (Wildman–Crippen MR) is 67.2 cm³/mol. The van der Waals surface area contributed by atoms with Crippen LogP contribution in [-0.2, 0) is 0 Å². The van der Waals surface area contributed by atoms with Gasteiger partial charge in [0.15, 0.2) is 11.5 Å². The Morgan fingerprint density at radius 1 is 1.00 bits per heavy atom. The fourth-order valence-electron chi connectivity index (χ4n) is 1.77. The Morgan fingerprint density at radius 3 is 2.47 bits per heavy atom. The molecule has 0 radical (unpaired) electrons. The number of hydrogen-bond acceptors (Lipinski definition) is 4. The van der Waals surface area contributed by atoms with Crippen molar-refractivity contribution in [2.75, 3.05) is 0 Å². The van der Waals surface area contributed by atoms with Crippen LogP contribution in [0.25, 0.3) is 11.2 Å². The van der Waals surface area contributed by atoms with Crippen LogP contribution in [0.3, 0.4) is 0 Å². The molecule has 0 bridgehead atoms. The lowest BCUT2D eigenvalue weighted by Crippen LogP contribution is -2.21. The van der Waals surface area contributed by atoms with Gasteiger partial charge in [-0.2, -0.15) is 0 Å². The molecule has 3 N–H and O–H groups in total. The van der Waals surface area contributed by atoms with E-state index in [-0.39, 0.29) is 22.8 Å². The molecule has 0 spiro atoms. The van der Waals surface area contributed by atoms with Crippen molar-refractivity contribution in [3.8, 4) is 0 Å². The van der Waals surface area contributed by atoms with Crippen molar-refractivity contribution in [2.24, 2.45) is 0 Å². The first-order valence-electron chi connectivity index (χ1n) is 5.47. The number of H-pyrrole nitrogens is 3. The first kappa shape index (κ1) is 11.1. The number of fused-ring (bicyclic) bond motifs is 1. The Labute approximate surface area is 105 Å². The summed E-state index contributed by atoms with van der Waals surface area (Å²) in [5.41, 5.74) is -0.701. The van der Waals surface area contributed by atoms with Gasteiger partial charge in [0.25, 0.3) is 5.56 Å². The van der Waals surface area contributed by atoms with E-state index in [1.807, 2.05) is 0 Å². The predicted octanol–water partition coefficient (Wildman–Crippen LogP) is 0.171. The fraction of sp³-hybridized carbons (Fsp3) is 0. The van der Waals surface area contributed by atoms with Gasteiger partial charge in [0.2, 0.25) is 5.78 Å². The smallest absolute Gasteiger partial charge is 0.327 e. The monoisotopic (exact) mass is 256 g/mol. The molecule has 94 valence electrons. The molecule has 0 saturated carbocycles. The number of nitrogens with one attached hydrogen (secondary N) is 3. The number of nitrogens with zero attached hydrogens (tertiary/aromatic N) is 1. The molecule has 0 aliphatic heterocycles. The maximum absolute atomic E-state index is 12.1. The van der Waals surface area contributed by atoms with Crippen molar-refractivity contribution in [3.63, 3.8) is 0 Å². The molecule has 0 unspecified atom stereocenters. The summed E-state index contributed by atoms with van der Waals surface area (Å²) in [4.78, 5) is 45.7. The van der Waals surface area contributed by atoms with Crippen LogP contribution in [0.1, 0.15) is 16.2 Å². The van der Waals surface area contributed by atoms with Gasteiger partial charge in [-0.1, -0.05) is 30.3 Å². The Balaban J connectivity index is 2.17. The third kappa shape index (κ3) is 1.86. The summed E-state index contributed by atoms with van der Waals surface area (Å²) >= 11 is 0. The summed E-state index contributed by atoms with van der Waals surface area (Å²) in [6.07, 6.45) is 0. The average molecular weight is 256 g/mol. The van der Waals surface area contributed by atoms with E-state index in [1.165, 1.54) is 0 Å². The molecule has 19 heavy (non-hydrogen) atoms. The molecule has 2 aromatic heterocycles. The lowest BCUT2D eigenvalue weighted by molar-refractivity contribution is 0.103. The number of aromatic amines is 3. The molecular formula is C12H8N4O3. The average Bonchev–Trinajstić information content (AvgIpc) is 2.83. The second-order valence-electron chi connectivity index (χ2n) is 3.91. The normalized spacial score (nSPS) is 10.7. The van der Waals surface area contributed by atoms with E-state index in [0.29, 0.717) is 5.56 Å². The van der Waals surface area contributed by atoms with E-state index in [1.54, 1.807) is 30.3 Å². The van der Waals surface area contributed by atoms with Crippen molar-refractivity contribution in [1.29, 1.82) is 0 Å². The van der Waals surface area contributed by atoms with Crippen LogP contribution in [0.2, 0.25) is 0 Å². The lowest BCUT2D eigenvalue weighted by atomic mass is 10.1. The molecular weight excluding hydrogens is 248 g/mol. The van der Waals surface area contributed by atoms with Crippen LogP contribution >= 0.6 is 0 Å². The Kier molecular flexibility index (Phi) is 2.38. The third-order valence-corrected chi connectivity index (χ3v) is 2.64. The number of rotatable bonds is 2.